The largest absolute Gasteiger partial charge is 0.481 e. The number of hydrogen-bond acceptors (Lipinski definition) is 3. The molecule has 1 rings (SSSR count). The first-order valence-electron chi connectivity index (χ1n) is 6.47. The lowest BCUT2D eigenvalue weighted by Gasteiger charge is -2.39. The zero-order valence-electron chi connectivity index (χ0n) is 11.5. The van der Waals surface area contributed by atoms with Crippen LogP contribution in [0.5, 0.6) is 0 Å². The van der Waals surface area contributed by atoms with Gasteiger partial charge in [0.15, 0.2) is 0 Å². The second-order valence-electron chi connectivity index (χ2n) is 6.25. The van der Waals surface area contributed by atoms with Crippen molar-refractivity contribution >= 4 is 11.9 Å². The fourth-order valence-electron chi connectivity index (χ4n) is 2.42. The van der Waals surface area contributed by atoms with Crippen molar-refractivity contribution in [3.05, 3.63) is 0 Å². The van der Waals surface area contributed by atoms with E-state index in [2.05, 4.69) is 0 Å². The van der Waals surface area contributed by atoms with Crippen LogP contribution in [0.3, 0.4) is 0 Å². The normalized spacial score (nSPS) is 25.0. The first kappa shape index (κ1) is 15.0. The number of nitrogens with zero attached hydrogens (tertiary/aromatic N) is 1. The molecule has 1 heterocycles. The number of rotatable bonds is 3. The summed E-state index contributed by atoms with van der Waals surface area (Å²) < 4.78 is 0. The highest BCUT2D eigenvalue weighted by atomic mass is 16.4. The molecule has 1 saturated heterocycles. The summed E-state index contributed by atoms with van der Waals surface area (Å²) in [6, 6.07) is -0.0381. The van der Waals surface area contributed by atoms with Crippen LogP contribution in [0, 0.1) is 11.3 Å². The fourth-order valence-corrected chi connectivity index (χ4v) is 2.42. The Kier molecular flexibility index (Phi) is 4.73. The molecule has 2 atom stereocenters. The quantitative estimate of drug-likeness (QED) is 0.791. The van der Waals surface area contributed by atoms with E-state index < -0.39 is 11.4 Å². The van der Waals surface area contributed by atoms with Gasteiger partial charge in [0.1, 0.15) is 0 Å². The zero-order valence-corrected chi connectivity index (χ0v) is 11.5. The lowest BCUT2D eigenvalue weighted by molar-refractivity contribution is -0.141. The van der Waals surface area contributed by atoms with Gasteiger partial charge in [0, 0.05) is 31.0 Å². The number of likely N-dealkylation sites (tertiary alicyclic amines) is 1. The van der Waals surface area contributed by atoms with E-state index in [0.29, 0.717) is 19.5 Å². The molecule has 0 spiro atoms. The van der Waals surface area contributed by atoms with E-state index in [0.717, 1.165) is 6.42 Å². The Morgan fingerprint density at radius 2 is 1.94 bits per heavy atom. The van der Waals surface area contributed by atoms with Crippen LogP contribution in [0.2, 0.25) is 0 Å². The molecular weight excluding hydrogens is 232 g/mol. The molecule has 104 valence electrons. The van der Waals surface area contributed by atoms with E-state index in [-0.39, 0.29) is 24.3 Å². The van der Waals surface area contributed by atoms with Gasteiger partial charge in [-0.2, -0.15) is 0 Å². The number of carboxylic acids is 1. The van der Waals surface area contributed by atoms with Crippen LogP contribution in [0.1, 0.15) is 40.0 Å². The third kappa shape index (κ3) is 4.29. The lowest BCUT2D eigenvalue weighted by Crippen LogP contribution is -2.52. The minimum absolute atomic E-state index is 0.0381. The summed E-state index contributed by atoms with van der Waals surface area (Å²) in [7, 11) is 0. The minimum Gasteiger partial charge on any atom is -0.481 e. The molecule has 0 aromatic carbocycles. The topological polar surface area (TPSA) is 83.6 Å². The van der Waals surface area contributed by atoms with Crippen molar-refractivity contribution in [1.29, 1.82) is 0 Å². The first-order chi connectivity index (χ1) is 8.20. The van der Waals surface area contributed by atoms with Gasteiger partial charge in [-0.05, 0) is 18.8 Å². The number of amides is 1. The monoisotopic (exact) mass is 256 g/mol. The van der Waals surface area contributed by atoms with Gasteiger partial charge in [-0.25, -0.2) is 0 Å². The molecule has 0 bridgehead atoms. The number of carboxylic acid groups (broad SMARTS) is 1. The van der Waals surface area contributed by atoms with Crippen molar-refractivity contribution < 1.29 is 14.7 Å². The summed E-state index contributed by atoms with van der Waals surface area (Å²) in [5.74, 6) is -0.489. The maximum Gasteiger partial charge on any atom is 0.303 e. The van der Waals surface area contributed by atoms with E-state index in [4.69, 9.17) is 10.8 Å². The van der Waals surface area contributed by atoms with E-state index in [1.54, 1.807) is 4.90 Å². The Morgan fingerprint density at radius 3 is 2.44 bits per heavy atom. The van der Waals surface area contributed by atoms with Gasteiger partial charge < -0.3 is 15.7 Å². The molecule has 0 aliphatic carbocycles. The Bertz CT molecular complexity index is 323. The number of aliphatic carboxylic acids is 1. The second-order valence-corrected chi connectivity index (χ2v) is 6.25. The number of carbonyl (C=O) groups excluding carboxylic acids is 1. The van der Waals surface area contributed by atoms with Gasteiger partial charge in [0.2, 0.25) is 5.91 Å². The van der Waals surface area contributed by atoms with E-state index in [1.807, 2.05) is 20.8 Å². The average molecular weight is 256 g/mol. The molecule has 3 N–H and O–H groups in total. The molecule has 1 amide bonds. The van der Waals surface area contributed by atoms with Crippen LogP contribution in [-0.2, 0) is 9.59 Å². The highest BCUT2D eigenvalue weighted by Gasteiger charge is 2.33. The van der Waals surface area contributed by atoms with Crippen LogP contribution in [0.25, 0.3) is 0 Å². The third-order valence-corrected chi connectivity index (χ3v) is 3.26. The zero-order chi connectivity index (χ0) is 13.9. The fraction of sp³-hybridized carbons (Fsp3) is 0.846. The molecule has 1 fully saturated rings. The molecule has 5 nitrogen and oxygen atoms in total. The number of carbonyl (C=O) groups is 2. The molecule has 0 radical (unpaired) electrons. The Morgan fingerprint density at radius 1 is 1.33 bits per heavy atom. The highest BCUT2D eigenvalue weighted by Crippen LogP contribution is 2.25. The molecule has 18 heavy (non-hydrogen) atoms. The van der Waals surface area contributed by atoms with Crippen molar-refractivity contribution in [3.63, 3.8) is 0 Å². The van der Waals surface area contributed by atoms with E-state index >= 15 is 0 Å². The standard InChI is InChI=1S/C13H24N2O3/c1-13(2,3)12(18)15-7-9(4-5-11(16)17)6-10(14)8-15/h9-10H,4-8,14H2,1-3H3,(H,16,17). The van der Waals surface area contributed by atoms with Crippen LogP contribution in [-0.4, -0.2) is 41.0 Å². The van der Waals surface area contributed by atoms with Crippen molar-refractivity contribution in [3.8, 4) is 0 Å². The van der Waals surface area contributed by atoms with E-state index in [1.165, 1.54) is 0 Å². The Balaban J connectivity index is 2.61. The van der Waals surface area contributed by atoms with Crippen LogP contribution in [0.4, 0.5) is 0 Å². The third-order valence-electron chi connectivity index (χ3n) is 3.26. The molecule has 0 saturated carbocycles. The molecule has 1 aliphatic rings. The first-order valence-corrected chi connectivity index (χ1v) is 6.47. The molecule has 5 heteroatoms. The molecular formula is C13H24N2O3. The SMILES string of the molecule is CC(C)(C)C(=O)N1CC(N)CC(CCC(=O)O)C1. The summed E-state index contributed by atoms with van der Waals surface area (Å²) in [4.78, 5) is 24.6. The summed E-state index contributed by atoms with van der Waals surface area (Å²) in [6.45, 7) is 6.89. The van der Waals surface area contributed by atoms with Gasteiger partial charge in [-0.15, -0.1) is 0 Å². The van der Waals surface area contributed by atoms with E-state index in [9.17, 15) is 9.59 Å². The Labute approximate surface area is 108 Å². The second kappa shape index (κ2) is 5.69. The van der Waals surface area contributed by atoms with Crippen LogP contribution in [0.15, 0.2) is 0 Å². The predicted molar refractivity (Wildman–Crippen MR) is 69.0 cm³/mol. The van der Waals surface area contributed by atoms with Crippen LogP contribution < -0.4 is 5.73 Å². The van der Waals surface area contributed by atoms with Crippen molar-refractivity contribution in [2.75, 3.05) is 13.1 Å². The highest BCUT2D eigenvalue weighted by molar-refractivity contribution is 5.81. The van der Waals surface area contributed by atoms with Crippen LogP contribution >= 0.6 is 0 Å². The van der Waals surface area contributed by atoms with Gasteiger partial charge >= 0.3 is 5.97 Å². The summed E-state index contributed by atoms with van der Waals surface area (Å²) >= 11 is 0. The smallest absolute Gasteiger partial charge is 0.303 e. The van der Waals surface area contributed by atoms with Crippen molar-refractivity contribution in [2.45, 2.75) is 46.1 Å². The number of hydrogen-bond donors (Lipinski definition) is 2. The maximum atomic E-state index is 12.2. The van der Waals surface area contributed by atoms with Crippen molar-refractivity contribution in [1.82, 2.24) is 4.90 Å². The molecule has 1 aliphatic heterocycles. The van der Waals surface area contributed by atoms with Gasteiger partial charge in [-0.3, -0.25) is 9.59 Å². The number of piperidine rings is 1. The predicted octanol–water partition coefficient (Wildman–Crippen LogP) is 1.07. The maximum absolute atomic E-state index is 12.2. The summed E-state index contributed by atoms with van der Waals surface area (Å²) in [6.07, 6.45) is 1.55. The van der Waals surface area contributed by atoms with Crippen molar-refractivity contribution in [2.24, 2.45) is 17.1 Å². The summed E-state index contributed by atoms with van der Waals surface area (Å²) in [5.41, 5.74) is 5.55. The summed E-state index contributed by atoms with van der Waals surface area (Å²) in [5, 5.41) is 8.70. The Hall–Kier alpha value is -1.10. The molecule has 0 aromatic rings. The molecule has 0 aromatic heterocycles. The minimum atomic E-state index is -0.789. The van der Waals surface area contributed by atoms with Gasteiger partial charge in [-0.1, -0.05) is 20.8 Å². The number of nitrogens with two attached hydrogens (primary N) is 1. The van der Waals surface area contributed by atoms with Gasteiger partial charge in [0.25, 0.3) is 0 Å². The lowest BCUT2D eigenvalue weighted by atomic mass is 9.87. The van der Waals surface area contributed by atoms with Gasteiger partial charge in [0.05, 0.1) is 0 Å². The average Bonchev–Trinajstić information content (AvgIpc) is 2.23. The molecule has 2 unspecified atom stereocenters.